The van der Waals surface area contributed by atoms with E-state index in [1.165, 1.54) is 0 Å². The Morgan fingerprint density at radius 3 is 2.71 bits per heavy atom. The van der Waals surface area contributed by atoms with Gasteiger partial charge in [0.05, 0.1) is 6.54 Å². The van der Waals surface area contributed by atoms with Crippen LogP contribution >= 0.6 is 0 Å². The van der Waals surface area contributed by atoms with Crippen molar-refractivity contribution in [2.75, 3.05) is 13.1 Å². The molecule has 6 nitrogen and oxygen atoms in total. The molecule has 0 aromatic rings. The van der Waals surface area contributed by atoms with E-state index in [0.717, 1.165) is 6.42 Å². The number of urea groups is 1. The van der Waals surface area contributed by atoms with Gasteiger partial charge in [0, 0.05) is 12.5 Å². The summed E-state index contributed by atoms with van der Waals surface area (Å²) in [6.45, 7) is 2.92. The standard InChI is InChI=1S/C11H15N3O3/c1-6-4-7(6)8(15)14-3-2-11(5-14)9(16)12-10(17)13-11/h6-7H,2-5H2,1H3,(H2,12,13,16,17). The maximum Gasteiger partial charge on any atom is 0.322 e. The van der Waals surface area contributed by atoms with Gasteiger partial charge in [-0.2, -0.15) is 0 Å². The second-order valence-electron chi connectivity index (χ2n) is 5.32. The highest BCUT2D eigenvalue weighted by Crippen LogP contribution is 2.40. The van der Waals surface area contributed by atoms with Crippen LogP contribution in [0.15, 0.2) is 0 Å². The van der Waals surface area contributed by atoms with E-state index in [4.69, 9.17) is 0 Å². The SMILES string of the molecule is CC1CC1C(=O)N1CCC2(C1)NC(=O)NC2=O. The first-order valence-corrected chi connectivity index (χ1v) is 5.94. The van der Waals surface area contributed by atoms with E-state index in [-0.39, 0.29) is 17.7 Å². The highest BCUT2D eigenvalue weighted by Gasteiger charge is 2.53. The third-order valence-corrected chi connectivity index (χ3v) is 4.02. The van der Waals surface area contributed by atoms with Crippen molar-refractivity contribution in [3.8, 4) is 0 Å². The number of rotatable bonds is 1. The van der Waals surface area contributed by atoms with Crippen LogP contribution in [0.1, 0.15) is 19.8 Å². The highest BCUT2D eigenvalue weighted by atomic mass is 16.2. The number of hydrogen-bond acceptors (Lipinski definition) is 3. The van der Waals surface area contributed by atoms with Crippen LogP contribution in [0.5, 0.6) is 0 Å². The normalized spacial score (nSPS) is 39.5. The van der Waals surface area contributed by atoms with E-state index in [0.29, 0.717) is 25.4 Å². The fourth-order valence-electron chi connectivity index (χ4n) is 2.71. The molecule has 92 valence electrons. The summed E-state index contributed by atoms with van der Waals surface area (Å²) in [5.41, 5.74) is -0.870. The summed E-state index contributed by atoms with van der Waals surface area (Å²) >= 11 is 0. The molecule has 0 bridgehead atoms. The molecule has 2 aliphatic heterocycles. The summed E-state index contributed by atoms with van der Waals surface area (Å²) < 4.78 is 0. The third kappa shape index (κ3) is 1.50. The molecule has 1 aliphatic carbocycles. The predicted molar refractivity (Wildman–Crippen MR) is 57.9 cm³/mol. The van der Waals surface area contributed by atoms with Gasteiger partial charge in [-0.15, -0.1) is 0 Å². The van der Waals surface area contributed by atoms with Gasteiger partial charge in [0.2, 0.25) is 5.91 Å². The van der Waals surface area contributed by atoms with Crippen LogP contribution in [0.3, 0.4) is 0 Å². The van der Waals surface area contributed by atoms with Gasteiger partial charge in [-0.3, -0.25) is 14.9 Å². The quantitative estimate of drug-likeness (QED) is 0.601. The van der Waals surface area contributed by atoms with E-state index < -0.39 is 11.6 Å². The Hall–Kier alpha value is -1.59. The zero-order valence-corrected chi connectivity index (χ0v) is 9.66. The molecule has 3 atom stereocenters. The van der Waals surface area contributed by atoms with Crippen molar-refractivity contribution in [1.82, 2.24) is 15.5 Å². The minimum Gasteiger partial charge on any atom is -0.339 e. The fraction of sp³-hybridized carbons (Fsp3) is 0.727. The third-order valence-electron chi connectivity index (χ3n) is 4.02. The summed E-state index contributed by atoms with van der Waals surface area (Å²) in [7, 11) is 0. The number of carbonyl (C=O) groups excluding carboxylic acids is 3. The van der Waals surface area contributed by atoms with Gasteiger partial charge in [0.1, 0.15) is 5.54 Å². The molecule has 3 aliphatic rings. The van der Waals surface area contributed by atoms with Crippen LogP contribution in [0, 0.1) is 11.8 Å². The zero-order chi connectivity index (χ0) is 12.2. The number of carbonyl (C=O) groups is 3. The minimum atomic E-state index is -0.870. The molecule has 0 aromatic heterocycles. The maximum absolute atomic E-state index is 12.0. The van der Waals surface area contributed by atoms with E-state index in [1.807, 2.05) is 0 Å². The van der Waals surface area contributed by atoms with Crippen LogP contribution in [-0.4, -0.2) is 41.4 Å². The lowest BCUT2D eigenvalue weighted by molar-refractivity contribution is -0.132. The topological polar surface area (TPSA) is 78.5 Å². The summed E-state index contributed by atoms with van der Waals surface area (Å²) in [6.07, 6.45) is 1.46. The lowest BCUT2D eigenvalue weighted by Gasteiger charge is -2.21. The van der Waals surface area contributed by atoms with E-state index >= 15 is 0 Å². The van der Waals surface area contributed by atoms with Crippen molar-refractivity contribution < 1.29 is 14.4 Å². The smallest absolute Gasteiger partial charge is 0.322 e. The number of imide groups is 1. The van der Waals surface area contributed by atoms with Crippen LogP contribution < -0.4 is 10.6 Å². The summed E-state index contributed by atoms with van der Waals surface area (Å²) in [5, 5.41) is 4.88. The molecule has 6 heteroatoms. The van der Waals surface area contributed by atoms with Crippen LogP contribution in [0.25, 0.3) is 0 Å². The molecule has 1 saturated carbocycles. The van der Waals surface area contributed by atoms with Crippen LogP contribution in [-0.2, 0) is 9.59 Å². The Kier molecular flexibility index (Phi) is 1.99. The molecule has 3 rings (SSSR count). The Morgan fingerprint density at radius 2 is 2.18 bits per heavy atom. The molecule has 4 amide bonds. The number of nitrogens with zero attached hydrogens (tertiary/aromatic N) is 1. The van der Waals surface area contributed by atoms with E-state index in [1.54, 1.807) is 4.90 Å². The first-order chi connectivity index (χ1) is 8.02. The van der Waals surface area contributed by atoms with Crippen molar-refractivity contribution in [3.63, 3.8) is 0 Å². The Morgan fingerprint density at radius 1 is 1.47 bits per heavy atom. The Bertz CT molecular complexity index is 422. The van der Waals surface area contributed by atoms with Gasteiger partial charge in [-0.25, -0.2) is 4.79 Å². The lowest BCUT2D eigenvalue weighted by Crippen LogP contribution is -2.49. The molecular formula is C11H15N3O3. The summed E-state index contributed by atoms with van der Waals surface area (Å²) in [6, 6.07) is -0.455. The molecular weight excluding hydrogens is 222 g/mol. The highest BCUT2D eigenvalue weighted by molar-refractivity contribution is 6.07. The largest absolute Gasteiger partial charge is 0.339 e. The minimum absolute atomic E-state index is 0.128. The fourth-order valence-corrected chi connectivity index (χ4v) is 2.71. The first kappa shape index (κ1) is 10.6. The van der Waals surface area contributed by atoms with Gasteiger partial charge in [0.15, 0.2) is 0 Å². The average Bonchev–Trinajstić information content (AvgIpc) is 2.72. The van der Waals surface area contributed by atoms with Crippen LogP contribution in [0.4, 0.5) is 4.79 Å². The number of likely N-dealkylation sites (tertiary alicyclic amines) is 1. The molecule has 2 heterocycles. The molecule has 0 radical (unpaired) electrons. The molecule has 2 saturated heterocycles. The van der Waals surface area contributed by atoms with Gasteiger partial charge < -0.3 is 10.2 Å². The second-order valence-corrected chi connectivity index (χ2v) is 5.32. The Balaban J connectivity index is 1.71. The molecule has 3 unspecified atom stereocenters. The monoisotopic (exact) mass is 237 g/mol. The van der Waals surface area contributed by atoms with Gasteiger partial charge in [-0.1, -0.05) is 6.92 Å². The first-order valence-electron chi connectivity index (χ1n) is 5.94. The van der Waals surface area contributed by atoms with E-state index in [2.05, 4.69) is 17.6 Å². The van der Waals surface area contributed by atoms with Crippen molar-refractivity contribution in [1.29, 1.82) is 0 Å². The molecule has 17 heavy (non-hydrogen) atoms. The molecule has 2 N–H and O–H groups in total. The summed E-state index contributed by atoms with van der Waals surface area (Å²) in [4.78, 5) is 36.6. The number of nitrogens with one attached hydrogen (secondary N) is 2. The predicted octanol–water partition coefficient (Wildman–Crippen LogP) is -0.547. The molecule has 0 aromatic carbocycles. The van der Waals surface area contributed by atoms with Gasteiger partial charge in [-0.05, 0) is 18.8 Å². The molecule has 3 fully saturated rings. The van der Waals surface area contributed by atoms with Gasteiger partial charge >= 0.3 is 6.03 Å². The summed E-state index contributed by atoms with van der Waals surface area (Å²) in [5.74, 6) is 0.418. The van der Waals surface area contributed by atoms with Crippen molar-refractivity contribution in [2.45, 2.75) is 25.3 Å². The Labute approximate surface area is 98.7 Å². The van der Waals surface area contributed by atoms with E-state index in [9.17, 15) is 14.4 Å². The van der Waals surface area contributed by atoms with Crippen molar-refractivity contribution in [3.05, 3.63) is 0 Å². The van der Waals surface area contributed by atoms with Gasteiger partial charge in [0.25, 0.3) is 5.91 Å². The van der Waals surface area contributed by atoms with Crippen molar-refractivity contribution in [2.24, 2.45) is 11.8 Å². The van der Waals surface area contributed by atoms with Crippen LogP contribution in [0.2, 0.25) is 0 Å². The number of hydrogen-bond donors (Lipinski definition) is 2. The lowest BCUT2D eigenvalue weighted by atomic mass is 9.99. The molecule has 1 spiro atoms. The second kappa shape index (κ2) is 3.21. The maximum atomic E-state index is 12.0. The van der Waals surface area contributed by atoms with Crippen molar-refractivity contribution >= 4 is 17.8 Å². The zero-order valence-electron chi connectivity index (χ0n) is 9.66. The average molecular weight is 237 g/mol. The number of amides is 4.